The number of carbonyl (C=O) groups is 2. The fourth-order valence-electron chi connectivity index (χ4n) is 1.80. The number of benzene rings is 1. The van der Waals surface area contributed by atoms with Gasteiger partial charge in [0.25, 0.3) is 0 Å². The monoisotopic (exact) mass is 306 g/mol. The van der Waals surface area contributed by atoms with Gasteiger partial charge in [-0.1, -0.05) is 18.2 Å². The molecule has 110 valence electrons. The Morgan fingerprint density at radius 2 is 1.90 bits per heavy atom. The van der Waals surface area contributed by atoms with Crippen LogP contribution >= 0.6 is 11.6 Å². The second kappa shape index (κ2) is 7.50. The van der Waals surface area contributed by atoms with Crippen molar-refractivity contribution in [3.05, 3.63) is 54.5 Å². The molecule has 0 atom stereocenters. The Morgan fingerprint density at radius 3 is 2.52 bits per heavy atom. The number of carbonyl (C=O) groups excluding carboxylic acids is 2. The summed E-state index contributed by atoms with van der Waals surface area (Å²) in [5, 5.41) is 2.72. The van der Waals surface area contributed by atoms with E-state index in [1.54, 1.807) is 24.3 Å². The molecule has 5 nitrogen and oxygen atoms in total. The Bertz CT molecular complexity index is 584. The third-order valence-electron chi connectivity index (χ3n) is 2.79. The van der Waals surface area contributed by atoms with Crippen LogP contribution in [0.25, 0.3) is 0 Å². The van der Waals surface area contributed by atoms with E-state index in [-0.39, 0.29) is 30.8 Å². The van der Waals surface area contributed by atoms with Gasteiger partial charge in [-0.25, -0.2) is 0 Å². The van der Waals surface area contributed by atoms with Crippen LogP contribution in [-0.4, -0.2) is 29.1 Å². The Kier molecular flexibility index (Phi) is 5.40. The maximum Gasteiger partial charge on any atom is 0.244 e. The molecule has 0 bridgehead atoms. The van der Waals surface area contributed by atoms with Crippen molar-refractivity contribution >= 4 is 29.1 Å². The highest BCUT2D eigenvalue weighted by molar-refractivity contribution is 6.27. The fourth-order valence-corrected chi connectivity index (χ4v) is 1.97. The molecule has 1 N–H and O–H groups in total. The molecule has 0 saturated carbocycles. The van der Waals surface area contributed by atoms with Crippen molar-refractivity contribution in [2.75, 3.05) is 17.7 Å². The number of para-hydroxylation sites is 1. The van der Waals surface area contributed by atoms with Gasteiger partial charge in [0.05, 0.1) is 12.8 Å². The zero-order valence-electron chi connectivity index (χ0n) is 11.3. The lowest BCUT2D eigenvalue weighted by atomic mass is 10.3. The van der Waals surface area contributed by atoms with Crippen LogP contribution in [0.2, 0.25) is 0 Å². The van der Waals surface area contributed by atoms with Crippen LogP contribution in [0.1, 0.15) is 5.76 Å². The highest BCUT2D eigenvalue weighted by Crippen LogP contribution is 2.08. The van der Waals surface area contributed by atoms with Gasteiger partial charge in [0.1, 0.15) is 18.2 Å². The minimum Gasteiger partial charge on any atom is -0.467 e. The van der Waals surface area contributed by atoms with Crippen LogP contribution in [0.4, 0.5) is 5.69 Å². The van der Waals surface area contributed by atoms with Gasteiger partial charge >= 0.3 is 0 Å². The molecule has 2 aromatic rings. The molecule has 0 fully saturated rings. The van der Waals surface area contributed by atoms with E-state index in [2.05, 4.69) is 5.32 Å². The first kappa shape index (κ1) is 15.1. The number of hydrogen-bond acceptors (Lipinski definition) is 3. The second-order valence-electron chi connectivity index (χ2n) is 4.38. The number of amides is 2. The van der Waals surface area contributed by atoms with Gasteiger partial charge in [-0.15, -0.1) is 11.6 Å². The van der Waals surface area contributed by atoms with E-state index in [4.69, 9.17) is 16.0 Å². The quantitative estimate of drug-likeness (QED) is 0.834. The highest BCUT2D eigenvalue weighted by atomic mass is 35.5. The SMILES string of the molecule is O=C(CN(Cc1ccco1)C(=O)CCl)Nc1ccccc1. The molecular formula is C15H15ClN2O3. The van der Waals surface area contributed by atoms with Gasteiger partial charge in [0.15, 0.2) is 0 Å². The normalized spacial score (nSPS) is 10.1. The Morgan fingerprint density at radius 1 is 1.14 bits per heavy atom. The first-order valence-electron chi connectivity index (χ1n) is 6.40. The predicted molar refractivity (Wildman–Crippen MR) is 79.9 cm³/mol. The Balaban J connectivity index is 1.97. The average Bonchev–Trinajstić information content (AvgIpc) is 2.99. The zero-order chi connectivity index (χ0) is 15.1. The fraction of sp³-hybridized carbons (Fsp3) is 0.200. The number of halogens is 1. The molecule has 2 rings (SSSR count). The molecule has 0 aliphatic heterocycles. The van der Waals surface area contributed by atoms with Crippen molar-refractivity contribution in [1.29, 1.82) is 0 Å². The molecule has 1 heterocycles. The number of nitrogens with zero attached hydrogens (tertiary/aromatic N) is 1. The Hall–Kier alpha value is -2.27. The summed E-state index contributed by atoms with van der Waals surface area (Å²) in [7, 11) is 0. The molecule has 1 aromatic heterocycles. The number of anilines is 1. The number of furan rings is 1. The summed E-state index contributed by atoms with van der Waals surface area (Å²) < 4.78 is 5.19. The minimum atomic E-state index is -0.323. The second-order valence-corrected chi connectivity index (χ2v) is 4.64. The lowest BCUT2D eigenvalue weighted by Crippen LogP contribution is -2.38. The number of alkyl halides is 1. The summed E-state index contributed by atoms with van der Waals surface area (Å²) in [5.74, 6) is -0.192. The first-order valence-corrected chi connectivity index (χ1v) is 6.93. The van der Waals surface area contributed by atoms with Crippen molar-refractivity contribution in [3.8, 4) is 0 Å². The summed E-state index contributed by atoms with van der Waals surface area (Å²) in [5.41, 5.74) is 0.679. The first-order chi connectivity index (χ1) is 10.2. The molecule has 6 heteroatoms. The number of hydrogen-bond donors (Lipinski definition) is 1. The number of nitrogens with one attached hydrogen (secondary N) is 1. The molecule has 0 unspecified atom stereocenters. The van der Waals surface area contributed by atoms with E-state index in [0.717, 1.165) is 0 Å². The van der Waals surface area contributed by atoms with E-state index < -0.39 is 0 Å². The van der Waals surface area contributed by atoms with Crippen molar-refractivity contribution in [3.63, 3.8) is 0 Å². The molecule has 0 radical (unpaired) electrons. The van der Waals surface area contributed by atoms with Crippen molar-refractivity contribution in [2.24, 2.45) is 0 Å². The van der Waals surface area contributed by atoms with Crippen LogP contribution in [-0.2, 0) is 16.1 Å². The van der Waals surface area contributed by atoms with Crippen LogP contribution in [0.3, 0.4) is 0 Å². The van der Waals surface area contributed by atoms with Gasteiger partial charge < -0.3 is 14.6 Å². The van der Waals surface area contributed by atoms with Crippen molar-refractivity contribution < 1.29 is 14.0 Å². The maximum atomic E-state index is 12.0. The largest absolute Gasteiger partial charge is 0.467 e. The van der Waals surface area contributed by atoms with E-state index in [1.807, 2.05) is 18.2 Å². The molecule has 1 aromatic carbocycles. The maximum absolute atomic E-state index is 12.0. The van der Waals surface area contributed by atoms with E-state index >= 15 is 0 Å². The lowest BCUT2D eigenvalue weighted by molar-refractivity contribution is -0.133. The lowest BCUT2D eigenvalue weighted by Gasteiger charge is -2.20. The Labute approximate surface area is 127 Å². The third-order valence-corrected chi connectivity index (χ3v) is 3.01. The molecule has 0 aliphatic carbocycles. The third kappa shape index (κ3) is 4.65. The average molecular weight is 307 g/mol. The van der Waals surface area contributed by atoms with Gasteiger partial charge in [-0.3, -0.25) is 9.59 Å². The number of rotatable bonds is 6. The molecule has 2 amide bonds. The molecule has 21 heavy (non-hydrogen) atoms. The summed E-state index contributed by atoms with van der Waals surface area (Å²) in [6, 6.07) is 12.5. The van der Waals surface area contributed by atoms with Crippen LogP contribution in [0, 0.1) is 0 Å². The molecule has 0 spiro atoms. The van der Waals surface area contributed by atoms with E-state index in [1.165, 1.54) is 11.2 Å². The standard InChI is InChI=1S/C15H15ClN2O3/c16-9-15(20)18(10-13-7-4-8-21-13)11-14(19)17-12-5-2-1-3-6-12/h1-8H,9-11H2,(H,17,19). The zero-order valence-corrected chi connectivity index (χ0v) is 12.0. The van der Waals surface area contributed by atoms with Crippen LogP contribution in [0.15, 0.2) is 53.1 Å². The minimum absolute atomic E-state index is 0.0822. The van der Waals surface area contributed by atoms with Crippen LogP contribution in [0.5, 0.6) is 0 Å². The predicted octanol–water partition coefficient (Wildman–Crippen LogP) is 2.49. The summed E-state index contributed by atoms with van der Waals surface area (Å²) in [6.45, 7) is 0.127. The highest BCUT2D eigenvalue weighted by Gasteiger charge is 2.17. The molecule has 0 saturated heterocycles. The van der Waals surface area contributed by atoms with Gasteiger partial charge in [-0.2, -0.15) is 0 Å². The van der Waals surface area contributed by atoms with E-state index in [0.29, 0.717) is 11.4 Å². The van der Waals surface area contributed by atoms with E-state index in [9.17, 15) is 9.59 Å². The molecular weight excluding hydrogens is 292 g/mol. The summed E-state index contributed by atoms with van der Waals surface area (Å²) in [6.07, 6.45) is 1.52. The topological polar surface area (TPSA) is 62.6 Å². The summed E-state index contributed by atoms with van der Waals surface area (Å²) >= 11 is 5.58. The van der Waals surface area contributed by atoms with Gasteiger partial charge in [0, 0.05) is 5.69 Å². The van der Waals surface area contributed by atoms with Crippen molar-refractivity contribution in [2.45, 2.75) is 6.54 Å². The van der Waals surface area contributed by atoms with Crippen molar-refractivity contribution in [1.82, 2.24) is 4.90 Å². The molecule has 0 aliphatic rings. The van der Waals surface area contributed by atoms with Gasteiger partial charge in [-0.05, 0) is 24.3 Å². The van der Waals surface area contributed by atoms with Gasteiger partial charge in [0.2, 0.25) is 11.8 Å². The smallest absolute Gasteiger partial charge is 0.244 e. The summed E-state index contributed by atoms with van der Waals surface area (Å²) in [4.78, 5) is 25.1. The van der Waals surface area contributed by atoms with Crippen LogP contribution < -0.4 is 5.32 Å².